The van der Waals surface area contributed by atoms with Crippen molar-refractivity contribution in [3.8, 4) is 18.0 Å². The predicted molar refractivity (Wildman–Crippen MR) is 86.4 cm³/mol. The molecule has 0 amide bonds. The van der Waals surface area contributed by atoms with Crippen LogP contribution >= 0.6 is 0 Å². The quantitative estimate of drug-likeness (QED) is 0.559. The molecule has 1 N–H and O–H groups in total. The number of nitrogens with zero attached hydrogens (tertiary/aromatic N) is 3. The summed E-state index contributed by atoms with van der Waals surface area (Å²) in [5.41, 5.74) is 0. The van der Waals surface area contributed by atoms with E-state index in [0.717, 1.165) is 24.5 Å². The van der Waals surface area contributed by atoms with Crippen molar-refractivity contribution in [2.24, 2.45) is 0 Å². The Morgan fingerprint density at radius 1 is 1.15 bits per heavy atom. The third-order valence-corrected chi connectivity index (χ3v) is 2.66. The van der Waals surface area contributed by atoms with Crippen molar-refractivity contribution in [3.63, 3.8) is 0 Å². The first kappa shape index (κ1) is 19.7. The van der Waals surface area contributed by atoms with E-state index in [4.69, 9.17) is 24.1 Å². The lowest BCUT2D eigenvalue weighted by Gasteiger charge is -2.06. The normalized spacial score (nSPS) is 14.9. The average Bonchev–Trinajstić information content (AvgIpc) is 2.60. The highest BCUT2D eigenvalue weighted by atomic mass is 16.6. The smallest absolute Gasteiger partial charge is 0.341 e. The van der Waals surface area contributed by atoms with Crippen LogP contribution in [-0.4, -0.2) is 51.2 Å². The number of fused-ring (bicyclic) bond motifs is 2. The van der Waals surface area contributed by atoms with Crippen LogP contribution in [-0.2, 0) is 19.1 Å². The molecule has 1 aliphatic rings. The van der Waals surface area contributed by atoms with E-state index in [2.05, 4.69) is 15.0 Å². The van der Waals surface area contributed by atoms with Crippen LogP contribution in [0.15, 0.2) is 36.6 Å². The molecule has 2 rings (SSSR count). The standard InChI is InChI=1S/C16H15N3O8/c20-8-3-1-5-11(21)25-14-17-15-19-16(18-14)27-13(23)7-10-24-9-4-2-6-12(22)26-15/h1-2,5-7,10,20H,3-4,8-9H2. The van der Waals surface area contributed by atoms with Crippen molar-refractivity contribution in [1.82, 2.24) is 15.0 Å². The zero-order valence-corrected chi connectivity index (χ0v) is 13.9. The summed E-state index contributed by atoms with van der Waals surface area (Å²) in [5.74, 6) is -2.52. The fourth-order valence-corrected chi connectivity index (χ4v) is 1.57. The minimum atomic E-state index is -0.869. The highest BCUT2D eigenvalue weighted by Gasteiger charge is 2.16. The van der Waals surface area contributed by atoms with Crippen LogP contribution in [0, 0.1) is 0 Å². The van der Waals surface area contributed by atoms with Gasteiger partial charge in [-0.2, -0.15) is 0 Å². The summed E-state index contributed by atoms with van der Waals surface area (Å²) < 4.78 is 19.6. The van der Waals surface area contributed by atoms with Crippen molar-refractivity contribution in [2.45, 2.75) is 12.8 Å². The molecule has 0 atom stereocenters. The molecule has 1 aromatic rings. The number of hydrogen-bond donors (Lipinski definition) is 1. The first-order valence-electron chi connectivity index (χ1n) is 7.70. The fraction of sp³-hybridized carbons (Fsp3) is 0.250. The van der Waals surface area contributed by atoms with E-state index >= 15 is 0 Å². The summed E-state index contributed by atoms with van der Waals surface area (Å²) in [7, 11) is 0. The van der Waals surface area contributed by atoms with Crippen LogP contribution in [0.2, 0.25) is 0 Å². The van der Waals surface area contributed by atoms with Gasteiger partial charge in [0.25, 0.3) is 0 Å². The van der Waals surface area contributed by atoms with Gasteiger partial charge in [-0.1, -0.05) is 12.2 Å². The summed E-state index contributed by atoms with van der Waals surface area (Å²) >= 11 is 0. The zero-order valence-electron chi connectivity index (χ0n) is 13.9. The molecule has 0 spiro atoms. The van der Waals surface area contributed by atoms with Crippen molar-refractivity contribution < 1.29 is 38.4 Å². The molecular weight excluding hydrogens is 362 g/mol. The van der Waals surface area contributed by atoms with Crippen LogP contribution < -0.4 is 14.2 Å². The summed E-state index contributed by atoms with van der Waals surface area (Å²) in [6.45, 7) is 0.0952. The Labute approximate surface area is 152 Å². The molecule has 11 nitrogen and oxygen atoms in total. The molecule has 0 unspecified atom stereocenters. The van der Waals surface area contributed by atoms with Crippen LogP contribution in [0.4, 0.5) is 0 Å². The topological polar surface area (TPSA) is 147 Å². The monoisotopic (exact) mass is 377 g/mol. The molecule has 0 radical (unpaired) electrons. The molecular formula is C16H15N3O8. The number of esters is 3. The maximum atomic E-state index is 11.7. The summed E-state index contributed by atoms with van der Waals surface area (Å²) in [5, 5.41) is 8.67. The number of ether oxygens (including phenoxy) is 4. The van der Waals surface area contributed by atoms with E-state index in [1.807, 2.05) is 0 Å². The number of aliphatic hydroxyl groups excluding tert-OH is 1. The van der Waals surface area contributed by atoms with Gasteiger partial charge in [-0.05, 0) is 12.8 Å². The minimum Gasteiger partial charge on any atom is -0.501 e. The Bertz CT molecular complexity index is 742. The Hall–Kier alpha value is -3.60. The number of hydrogen-bond acceptors (Lipinski definition) is 11. The lowest BCUT2D eigenvalue weighted by atomic mass is 10.4. The van der Waals surface area contributed by atoms with Gasteiger partial charge in [-0.15, -0.1) is 15.0 Å². The van der Waals surface area contributed by atoms with Gasteiger partial charge in [-0.3, -0.25) is 0 Å². The average molecular weight is 377 g/mol. The van der Waals surface area contributed by atoms with Crippen molar-refractivity contribution in [1.29, 1.82) is 0 Å². The first-order chi connectivity index (χ1) is 13.1. The predicted octanol–water partition coefficient (Wildman–Crippen LogP) is 0.0166. The third-order valence-electron chi connectivity index (χ3n) is 2.66. The molecule has 0 aromatic carbocycles. The zero-order chi connectivity index (χ0) is 19.5. The van der Waals surface area contributed by atoms with Gasteiger partial charge in [0.05, 0.1) is 18.9 Å². The number of aliphatic hydroxyl groups is 1. The molecule has 27 heavy (non-hydrogen) atoms. The Kier molecular flexibility index (Phi) is 7.60. The van der Waals surface area contributed by atoms with Crippen molar-refractivity contribution >= 4 is 17.9 Å². The van der Waals surface area contributed by atoms with Crippen LogP contribution in [0.3, 0.4) is 0 Å². The molecule has 2 bridgehead atoms. The maximum Gasteiger partial charge on any atom is 0.341 e. The van der Waals surface area contributed by atoms with E-state index in [0.29, 0.717) is 6.42 Å². The number of carbonyl (C=O) groups excluding carboxylic acids is 3. The molecule has 0 aliphatic carbocycles. The highest BCUT2D eigenvalue weighted by molar-refractivity contribution is 5.84. The molecule has 0 fully saturated rings. The number of rotatable bonds is 4. The SMILES string of the molecule is O=C(C=CCCO)Oc1nc2nc(n1)OC(=O)C=COCCC=CC(=O)O2. The molecule has 0 saturated carbocycles. The largest absolute Gasteiger partial charge is 0.501 e. The summed E-state index contributed by atoms with van der Waals surface area (Å²) in [6.07, 6.45) is 7.81. The third kappa shape index (κ3) is 7.44. The van der Waals surface area contributed by atoms with Gasteiger partial charge >= 0.3 is 35.9 Å². The van der Waals surface area contributed by atoms with Crippen LogP contribution in [0.5, 0.6) is 18.0 Å². The Morgan fingerprint density at radius 3 is 2.56 bits per heavy atom. The number of aromatic nitrogens is 3. The minimum absolute atomic E-state index is 0.138. The lowest BCUT2D eigenvalue weighted by Crippen LogP contribution is -2.14. The summed E-state index contributed by atoms with van der Waals surface area (Å²) in [4.78, 5) is 46.0. The van der Waals surface area contributed by atoms with Crippen LogP contribution in [0.25, 0.3) is 0 Å². The highest BCUT2D eigenvalue weighted by Crippen LogP contribution is 2.16. The molecule has 0 saturated heterocycles. The van der Waals surface area contributed by atoms with E-state index < -0.39 is 35.9 Å². The molecule has 11 heteroatoms. The second-order valence-electron chi connectivity index (χ2n) is 4.73. The maximum absolute atomic E-state index is 11.7. The van der Waals surface area contributed by atoms with Crippen LogP contribution in [0.1, 0.15) is 12.8 Å². The van der Waals surface area contributed by atoms with Gasteiger partial charge in [0.15, 0.2) is 0 Å². The van der Waals surface area contributed by atoms with Crippen molar-refractivity contribution in [2.75, 3.05) is 13.2 Å². The van der Waals surface area contributed by atoms with E-state index in [1.54, 1.807) is 0 Å². The molecule has 1 aromatic heterocycles. The second kappa shape index (κ2) is 10.4. The Balaban J connectivity index is 2.25. The van der Waals surface area contributed by atoms with Gasteiger partial charge < -0.3 is 24.1 Å². The van der Waals surface area contributed by atoms with E-state index in [9.17, 15) is 14.4 Å². The Morgan fingerprint density at radius 2 is 1.85 bits per heavy atom. The summed E-state index contributed by atoms with van der Waals surface area (Å²) in [6, 6.07) is -1.63. The second-order valence-corrected chi connectivity index (χ2v) is 4.73. The van der Waals surface area contributed by atoms with Gasteiger partial charge in [-0.25, -0.2) is 14.4 Å². The molecule has 2 heterocycles. The number of carbonyl (C=O) groups is 3. The van der Waals surface area contributed by atoms with Gasteiger partial charge in [0.1, 0.15) is 0 Å². The first-order valence-corrected chi connectivity index (χ1v) is 7.70. The fourth-order valence-electron chi connectivity index (χ4n) is 1.57. The molecule has 1 aliphatic heterocycles. The molecule has 142 valence electrons. The van der Waals surface area contributed by atoms with E-state index in [1.165, 1.54) is 12.2 Å². The lowest BCUT2D eigenvalue weighted by molar-refractivity contribution is -0.129. The van der Waals surface area contributed by atoms with Gasteiger partial charge in [0.2, 0.25) is 0 Å². The van der Waals surface area contributed by atoms with Crippen molar-refractivity contribution in [3.05, 3.63) is 36.6 Å². The van der Waals surface area contributed by atoms with E-state index in [-0.39, 0.29) is 19.6 Å². The van der Waals surface area contributed by atoms with Gasteiger partial charge in [0, 0.05) is 18.8 Å².